The lowest BCUT2D eigenvalue weighted by molar-refractivity contribution is -0.283. The van der Waals surface area contributed by atoms with Gasteiger partial charge in [-0.25, -0.2) is 0 Å². The van der Waals surface area contributed by atoms with Crippen LogP contribution >= 0.6 is 0 Å². The fourth-order valence-electron chi connectivity index (χ4n) is 4.01. The Bertz CT molecular complexity index is 460. The molecule has 12 heteroatoms. The molecule has 0 spiro atoms. The van der Waals surface area contributed by atoms with Gasteiger partial charge in [0.15, 0.2) is 0 Å². The Balaban J connectivity index is 1.61. The predicted octanol–water partition coefficient (Wildman–Crippen LogP) is -5.80. The van der Waals surface area contributed by atoms with E-state index in [9.17, 15) is 40.9 Å². The minimum Gasteiger partial charge on any atom is -0.394 e. The van der Waals surface area contributed by atoms with Crippen LogP contribution in [0, 0.1) is 0 Å². The summed E-state index contributed by atoms with van der Waals surface area (Å²) in [7, 11) is 0. The highest BCUT2D eigenvalue weighted by molar-refractivity contribution is 4.95. The molecule has 3 aliphatic rings. The molecular weight excluding hydrogens is 380 g/mol. The number of hydrogen-bond donors (Lipinski definition) is 8. The molecule has 3 fully saturated rings. The molecule has 3 heterocycles. The molecular formula is C16H30N2O10. The van der Waals surface area contributed by atoms with Crippen molar-refractivity contribution >= 4 is 0 Å². The summed E-state index contributed by atoms with van der Waals surface area (Å²) in [6.07, 6.45) is -12.3. The van der Waals surface area contributed by atoms with Crippen molar-refractivity contribution in [3.8, 4) is 0 Å². The monoisotopic (exact) mass is 410 g/mol. The number of aliphatic hydroxyl groups excluding tert-OH is 8. The molecule has 3 aliphatic heterocycles. The summed E-state index contributed by atoms with van der Waals surface area (Å²) in [5, 5.41) is 78.7. The van der Waals surface area contributed by atoms with Crippen LogP contribution in [-0.4, -0.2) is 151 Å². The van der Waals surface area contributed by atoms with Gasteiger partial charge in [0.25, 0.3) is 0 Å². The van der Waals surface area contributed by atoms with Crippen LogP contribution < -0.4 is 0 Å². The zero-order chi connectivity index (χ0) is 20.6. The fraction of sp³-hybridized carbons (Fsp3) is 1.00. The first-order chi connectivity index (χ1) is 13.3. The quantitative estimate of drug-likeness (QED) is 0.220. The molecule has 0 radical (unpaired) electrons. The number of aliphatic hydroxyl groups is 8. The van der Waals surface area contributed by atoms with Gasteiger partial charge in [-0.2, -0.15) is 0 Å². The van der Waals surface area contributed by atoms with E-state index in [0.29, 0.717) is 26.2 Å². The molecule has 0 unspecified atom stereocenters. The second-order valence-electron chi connectivity index (χ2n) is 7.51. The summed E-state index contributed by atoms with van der Waals surface area (Å²) in [6.45, 7) is 0.364. The molecule has 0 aromatic carbocycles. The fourth-order valence-corrected chi connectivity index (χ4v) is 4.01. The number of hydrogen-bond acceptors (Lipinski definition) is 12. The Hall–Kier alpha value is -0.480. The van der Waals surface area contributed by atoms with Gasteiger partial charge in [0.1, 0.15) is 61.3 Å². The summed E-state index contributed by atoms with van der Waals surface area (Å²) in [5.74, 6) is 0. The van der Waals surface area contributed by atoms with Gasteiger partial charge >= 0.3 is 0 Å². The van der Waals surface area contributed by atoms with Crippen LogP contribution in [0.5, 0.6) is 0 Å². The Labute approximate surface area is 161 Å². The highest BCUT2D eigenvalue weighted by atomic mass is 16.6. The molecule has 164 valence electrons. The van der Waals surface area contributed by atoms with Gasteiger partial charge in [0, 0.05) is 26.2 Å². The molecule has 0 saturated carbocycles. The SMILES string of the molecule is OC[C@@H]1O[C@H](N2CCN([C@H]3O[C@@H](CO)[C@@H](O)[C@@H](O)[C@H]3O)CC2)[C@@H](O)[C@H](O)[C@@H]1O. The first-order valence-corrected chi connectivity index (χ1v) is 9.39. The summed E-state index contributed by atoms with van der Waals surface area (Å²) in [6, 6.07) is 0. The minimum absolute atomic E-state index is 0.345. The maximum absolute atomic E-state index is 10.2. The summed E-state index contributed by atoms with van der Waals surface area (Å²) in [5.41, 5.74) is 0. The van der Waals surface area contributed by atoms with Crippen LogP contribution in [0.3, 0.4) is 0 Å². The average Bonchev–Trinajstić information content (AvgIpc) is 2.71. The second-order valence-corrected chi connectivity index (χ2v) is 7.51. The zero-order valence-electron chi connectivity index (χ0n) is 15.3. The molecule has 10 atom stereocenters. The van der Waals surface area contributed by atoms with Gasteiger partial charge in [-0.05, 0) is 0 Å². The minimum atomic E-state index is -1.46. The van der Waals surface area contributed by atoms with Crippen LogP contribution in [-0.2, 0) is 9.47 Å². The van der Waals surface area contributed by atoms with Crippen molar-refractivity contribution < 1.29 is 50.3 Å². The van der Waals surface area contributed by atoms with Gasteiger partial charge in [0.05, 0.1) is 13.2 Å². The number of ether oxygens (including phenoxy) is 2. The molecule has 3 saturated heterocycles. The van der Waals surface area contributed by atoms with Crippen LogP contribution in [0.15, 0.2) is 0 Å². The van der Waals surface area contributed by atoms with Crippen molar-refractivity contribution in [1.29, 1.82) is 0 Å². The van der Waals surface area contributed by atoms with Crippen molar-refractivity contribution in [2.24, 2.45) is 0 Å². The topological polar surface area (TPSA) is 187 Å². The van der Waals surface area contributed by atoms with Crippen LogP contribution in [0.2, 0.25) is 0 Å². The molecule has 28 heavy (non-hydrogen) atoms. The summed E-state index contributed by atoms with van der Waals surface area (Å²) < 4.78 is 11.1. The van der Waals surface area contributed by atoms with E-state index in [2.05, 4.69) is 0 Å². The Morgan fingerprint density at radius 2 is 0.857 bits per heavy atom. The Kier molecular flexibility index (Phi) is 7.23. The zero-order valence-corrected chi connectivity index (χ0v) is 15.3. The molecule has 3 rings (SSSR count). The largest absolute Gasteiger partial charge is 0.394 e. The summed E-state index contributed by atoms with van der Waals surface area (Å²) in [4.78, 5) is 3.48. The van der Waals surface area contributed by atoms with E-state index in [1.807, 2.05) is 0 Å². The smallest absolute Gasteiger partial charge is 0.140 e. The number of piperazine rings is 1. The van der Waals surface area contributed by atoms with Crippen LogP contribution in [0.25, 0.3) is 0 Å². The first-order valence-electron chi connectivity index (χ1n) is 9.39. The van der Waals surface area contributed by atoms with Crippen molar-refractivity contribution in [1.82, 2.24) is 9.80 Å². The maximum atomic E-state index is 10.2. The highest BCUT2D eigenvalue weighted by Gasteiger charge is 2.48. The maximum Gasteiger partial charge on any atom is 0.140 e. The lowest BCUT2D eigenvalue weighted by Gasteiger charge is -2.50. The molecule has 8 N–H and O–H groups in total. The highest BCUT2D eigenvalue weighted by Crippen LogP contribution is 2.27. The third-order valence-electron chi connectivity index (χ3n) is 5.80. The number of rotatable bonds is 4. The lowest BCUT2D eigenvalue weighted by Crippen LogP contribution is -2.68. The van der Waals surface area contributed by atoms with E-state index >= 15 is 0 Å². The molecule has 0 aromatic heterocycles. The second kappa shape index (κ2) is 9.12. The van der Waals surface area contributed by atoms with Gasteiger partial charge < -0.3 is 50.3 Å². The van der Waals surface area contributed by atoms with E-state index in [4.69, 9.17) is 9.47 Å². The van der Waals surface area contributed by atoms with E-state index in [1.54, 1.807) is 9.80 Å². The van der Waals surface area contributed by atoms with Gasteiger partial charge in [0.2, 0.25) is 0 Å². The predicted molar refractivity (Wildman–Crippen MR) is 90.7 cm³/mol. The van der Waals surface area contributed by atoms with Gasteiger partial charge in [-0.3, -0.25) is 9.80 Å². The van der Waals surface area contributed by atoms with Crippen molar-refractivity contribution in [3.63, 3.8) is 0 Å². The van der Waals surface area contributed by atoms with E-state index < -0.39 is 74.5 Å². The van der Waals surface area contributed by atoms with E-state index in [0.717, 1.165) is 0 Å². The van der Waals surface area contributed by atoms with Crippen LogP contribution in [0.4, 0.5) is 0 Å². The molecule has 0 aromatic rings. The molecule has 12 nitrogen and oxygen atoms in total. The Morgan fingerprint density at radius 3 is 1.14 bits per heavy atom. The van der Waals surface area contributed by atoms with Gasteiger partial charge in [-0.15, -0.1) is 0 Å². The first kappa shape index (κ1) is 22.2. The molecule has 0 amide bonds. The van der Waals surface area contributed by atoms with Crippen LogP contribution in [0.1, 0.15) is 0 Å². The molecule has 0 bridgehead atoms. The van der Waals surface area contributed by atoms with Gasteiger partial charge in [-0.1, -0.05) is 0 Å². The third-order valence-corrected chi connectivity index (χ3v) is 5.80. The number of nitrogens with zero attached hydrogens (tertiary/aromatic N) is 2. The third kappa shape index (κ3) is 4.05. The van der Waals surface area contributed by atoms with Crippen molar-refractivity contribution in [2.75, 3.05) is 39.4 Å². The van der Waals surface area contributed by atoms with Crippen molar-refractivity contribution in [3.05, 3.63) is 0 Å². The Morgan fingerprint density at radius 1 is 0.536 bits per heavy atom. The lowest BCUT2D eigenvalue weighted by atomic mass is 9.96. The van der Waals surface area contributed by atoms with Crippen molar-refractivity contribution in [2.45, 2.75) is 61.3 Å². The normalized spacial score (nSPS) is 49.3. The van der Waals surface area contributed by atoms with E-state index in [-0.39, 0.29) is 0 Å². The average molecular weight is 410 g/mol. The standard InChI is InChI=1S/C16H30N2O10/c19-5-7-9(21)11(23)13(25)15(27-7)17-1-2-18(4-3-17)16-14(26)12(24)10(22)8(6-20)28-16/h7-16,19-26H,1-6H2/t7-,8-,9+,10+,11+,12+,13-,14+,15-,16-/m0/s1. The summed E-state index contributed by atoms with van der Waals surface area (Å²) >= 11 is 0. The van der Waals surface area contributed by atoms with E-state index in [1.165, 1.54) is 0 Å². The molecule has 0 aliphatic carbocycles.